The third kappa shape index (κ3) is 2.98. The van der Waals surface area contributed by atoms with Gasteiger partial charge in [-0.05, 0) is 24.7 Å². The Kier molecular flexibility index (Phi) is 4.37. The van der Waals surface area contributed by atoms with Crippen LogP contribution in [-0.2, 0) is 9.53 Å². The highest BCUT2D eigenvalue weighted by molar-refractivity contribution is 5.81. The van der Waals surface area contributed by atoms with E-state index < -0.39 is 17.8 Å². The molecule has 1 aromatic rings. The maximum Gasteiger partial charge on any atom is 0.239 e. The number of hydrogen-bond acceptors (Lipinski definition) is 4. The SMILES string of the molecule is CN(CC1(CO)COC1)C(C(N)=O)c1cccc(F)c1. The number of rotatable bonds is 6. The van der Waals surface area contributed by atoms with Crippen LogP contribution in [0.5, 0.6) is 0 Å². The van der Waals surface area contributed by atoms with Crippen LogP contribution < -0.4 is 5.73 Å². The van der Waals surface area contributed by atoms with Gasteiger partial charge in [-0.25, -0.2) is 4.39 Å². The predicted molar refractivity (Wildman–Crippen MR) is 71.3 cm³/mol. The second-order valence-corrected chi connectivity index (χ2v) is 5.43. The van der Waals surface area contributed by atoms with Gasteiger partial charge >= 0.3 is 0 Å². The Morgan fingerprint density at radius 2 is 2.30 bits per heavy atom. The Labute approximate surface area is 117 Å². The van der Waals surface area contributed by atoms with Gasteiger partial charge in [0.15, 0.2) is 0 Å². The molecule has 0 saturated carbocycles. The van der Waals surface area contributed by atoms with Crippen molar-refractivity contribution in [2.45, 2.75) is 6.04 Å². The molecule has 0 bridgehead atoms. The number of carbonyl (C=O) groups excluding carboxylic acids is 1. The molecule has 5 nitrogen and oxygen atoms in total. The highest BCUT2D eigenvalue weighted by Gasteiger charge is 2.41. The molecule has 1 aliphatic heterocycles. The fraction of sp³-hybridized carbons (Fsp3) is 0.500. The first kappa shape index (κ1) is 14.9. The van der Waals surface area contributed by atoms with Crippen molar-refractivity contribution in [2.75, 3.05) is 33.4 Å². The number of likely N-dealkylation sites (N-methyl/N-ethyl adjacent to an activating group) is 1. The summed E-state index contributed by atoms with van der Waals surface area (Å²) in [6.07, 6.45) is 0. The molecule has 1 fully saturated rings. The van der Waals surface area contributed by atoms with Gasteiger partial charge in [-0.3, -0.25) is 9.69 Å². The van der Waals surface area contributed by atoms with E-state index in [0.717, 1.165) is 0 Å². The van der Waals surface area contributed by atoms with Gasteiger partial charge in [0, 0.05) is 6.54 Å². The Hall–Kier alpha value is -1.50. The first-order chi connectivity index (χ1) is 9.47. The van der Waals surface area contributed by atoms with E-state index in [2.05, 4.69) is 0 Å². The molecule has 0 spiro atoms. The summed E-state index contributed by atoms with van der Waals surface area (Å²) in [5.74, 6) is -0.961. The number of nitrogens with zero attached hydrogens (tertiary/aromatic N) is 1. The zero-order valence-corrected chi connectivity index (χ0v) is 11.4. The molecule has 0 aliphatic carbocycles. The molecule has 1 aromatic carbocycles. The quantitative estimate of drug-likeness (QED) is 0.786. The summed E-state index contributed by atoms with van der Waals surface area (Å²) in [5, 5.41) is 9.44. The van der Waals surface area contributed by atoms with E-state index in [1.165, 1.54) is 12.1 Å². The molecule has 110 valence electrons. The summed E-state index contributed by atoms with van der Waals surface area (Å²) in [7, 11) is 1.73. The Bertz CT molecular complexity index is 486. The van der Waals surface area contributed by atoms with E-state index >= 15 is 0 Å². The maximum absolute atomic E-state index is 13.3. The van der Waals surface area contributed by atoms with Gasteiger partial charge in [0.1, 0.15) is 11.9 Å². The largest absolute Gasteiger partial charge is 0.396 e. The van der Waals surface area contributed by atoms with E-state index in [0.29, 0.717) is 25.3 Å². The summed E-state index contributed by atoms with van der Waals surface area (Å²) in [6, 6.07) is 5.10. The lowest BCUT2D eigenvalue weighted by Gasteiger charge is -2.43. The van der Waals surface area contributed by atoms with Crippen molar-refractivity contribution in [2.24, 2.45) is 11.1 Å². The van der Waals surface area contributed by atoms with Gasteiger partial charge in [0.05, 0.1) is 25.2 Å². The number of primary amides is 1. The van der Waals surface area contributed by atoms with Crippen molar-refractivity contribution < 1.29 is 19.0 Å². The highest BCUT2D eigenvalue weighted by Crippen LogP contribution is 2.31. The van der Waals surface area contributed by atoms with Gasteiger partial charge in [-0.2, -0.15) is 0 Å². The molecule has 3 N–H and O–H groups in total. The molecule has 1 heterocycles. The molecule has 1 aliphatic rings. The number of halogens is 1. The summed E-state index contributed by atoms with van der Waals surface area (Å²) >= 11 is 0. The van der Waals surface area contributed by atoms with Crippen LogP contribution in [-0.4, -0.2) is 49.3 Å². The topological polar surface area (TPSA) is 75.8 Å². The third-order valence-corrected chi connectivity index (χ3v) is 3.61. The summed E-state index contributed by atoms with van der Waals surface area (Å²) in [5.41, 5.74) is 5.59. The smallest absolute Gasteiger partial charge is 0.239 e. The molecule has 20 heavy (non-hydrogen) atoms. The standard InChI is InChI=1S/C14H19FN2O3/c1-17(6-14(7-18)8-20-9-14)12(13(16)19)10-3-2-4-11(15)5-10/h2-5,12,18H,6-9H2,1H3,(H2,16,19). The van der Waals surface area contributed by atoms with Crippen LogP contribution in [0.4, 0.5) is 4.39 Å². The zero-order chi connectivity index (χ0) is 14.8. The number of carbonyl (C=O) groups is 1. The van der Waals surface area contributed by atoms with Gasteiger partial charge in [-0.1, -0.05) is 12.1 Å². The first-order valence-corrected chi connectivity index (χ1v) is 6.41. The number of benzene rings is 1. The van der Waals surface area contributed by atoms with Gasteiger partial charge in [0.25, 0.3) is 0 Å². The van der Waals surface area contributed by atoms with Crippen molar-refractivity contribution in [3.8, 4) is 0 Å². The van der Waals surface area contributed by atoms with Crippen molar-refractivity contribution >= 4 is 5.91 Å². The number of aliphatic hydroxyl groups is 1. The lowest BCUT2D eigenvalue weighted by molar-refractivity contribution is -0.152. The van der Waals surface area contributed by atoms with Crippen LogP contribution in [0.25, 0.3) is 0 Å². The van der Waals surface area contributed by atoms with E-state index in [9.17, 15) is 14.3 Å². The van der Waals surface area contributed by atoms with Crippen molar-refractivity contribution in [3.63, 3.8) is 0 Å². The fourth-order valence-corrected chi connectivity index (χ4v) is 2.56. The molecule has 1 atom stereocenters. The van der Waals surface area contributed by atoms with Crippen LogP contribution in [0.15, 0.2) is 24.3 Å². The van der Waals surface area contributed by atoms with Crippen molar-refractivity contribution in [3.05, 3.63) is 35.6 Å². The number of nitrogens with two attached hydrogens (primary N) is 1. The van der Waals surface area contributed by atoms with E-state index in [1.54, 1.807) is 24.1 Å². The zero-order valence-electron chi connectivity index (χ0n) is 11.4. The van der Waals surface area contributed by atoms with Gasteiger partial charge < -0.3 is 15.6 Å². The lowest BCUT2D eigenvalue weighted by Crippen LogP contribution is -2.54. The fourth-order valence-electron chi connectivity index (χ4n) is 2.56. The van der Waals surface area contributed by atoms with E-state index in [4.69, 9.17) is 10.5 Å². The predicted octanol–water partition coefficient (Wildman–Crippen LogP) is 0.293. The molecule has 2 rings (SSSR count). The molecular weight excluding hydrogens is 263 g/mol. The minimum Gasteiger partial charge on any atom is -0.396 e. The number of ether oxygens (including phenoxy) is 1. The van der Waals surface area contributed by atoms with Crippen molar-refractivity contribution in [1.29, 1.82) is 0 Å². The Balaban J connectivity index is 2.18. The molecule has 1 amide bonds. The van der Waals surface area contributed by atoms with Crippen LogP contribution in [0, 0.1) is 11.2 Å². The van der Waals surface area contributed by atoms with E-state index in [1.807, 2.05) is 0 Å². The molecule has 0 radical (unpaired) electrons. The second kappa shape index (κ2) is 5.87. The molecule has 1 unspecified atom stereocenters. The van der Waals surface area contributed by atoms with Crippen LogP contribution in [0.3, 0.4) is 0 Å². The molecular formula is C14H19FN2O3. The average molecular weight is 282 g/mol. The third-order valence-electron chi connectivity index (χ3n) is 3.61. The van der Waals surface area contributed by atoms with Crippen LogP contribution in [0.1, 0.15) is 11.6 Å². The lowest BCUT2D eigenvalue weighted by atomic mass is 9.85. The maximum atomic E-state index is 13.3. The highest BCUT2D eigenvalue weighted by atomic mass is 19.1. The molecule has 6 heteroatoms. The van der Waals surface area contributed by atoms with Crippen LogP contribution >= 0.6 is 0 Å². The summed E-state index contributed by atoms with van der Waals surface area (Å²) < 4.78 is 18.4. The number of aliphatic hydroxyl groups excluding tert-OH is 1. The van der Waals surface area contributed by atoms with Crippen molar-refractivity contribution in [1.82, 2.24) is 4.90 Å². The molecule has 1 saturated heterocycles. The van der Waals surface area contributed by atoms with E-state index in [-0.39, 0.29) is 12.0 Å². The van der Waals surface area contributed by atoms with Gasteiger partial charge in [-0.15, -0.1) is 0 Å². The second-order valence-electron chi connectivity index (χ2n) is 5.43. The Morgan fingerprint density at radius 1 is 1.60 bits per heavy atom. The average Bonchev–Trinajstić information content (AvgIpc) is 2.33. The normalized spacial score (nSPS) is 18.6. The number of hydrogen-bond donors (Lipinski definition) is 2. The summed E-state index contributed by atoms with van der Waals surface area (Å²) in [4.78, 5) is 13.4. The Morgan fingerprint density at radius 3 is 2.75 bits per heavy atom. The minimum absolute atomic E-state index is 0.0219. The van der Waals surface area contributed by atoms with Crippen LogP contribution in [0.2, 0.25) is 0 Å². The number of amides is 1. The summed E-state index contributed by atoms with van der Waals surface area (Å²) in [6.45, 7) is 1.32. The van der Waals surface area contributed by atoms with Gasteiger partial charge in [0.2, 0.25) is 5.91 Å². The minimum atomic E-state index is -0.727. The first-order valence-electron chi connectivity index (χ1n) is 6.41. The monoisotopic (exact) mass is 282 g/mol. The molecule has 0 aromatic heterocycles.